The molecule has 7 heteroatoms. The van der Waals surface area contributed by atoms with Crippen molar-refractivity contribution >= 4 is 5.82 Å². The van der Waals surface area contributed by atoms with Gasteiger partial charge in [0.25, 0.3) is 0 Å². The van der Waals surface area contributed by atoms with Gasteiger partial charge in [0, 0.05) is 49.2 Å². The number of hydrogen-bond acceptors (Lipinski definition) is 6. The van der Waals surface area contributed by atoms with Crippen LogP contribution in [-0.4, -0.2) is 50.0 Å². The number of aromatic nitrogens is 4. The number of rotatable bonds is 4. The molecule has 3 atom stereocenters. The summed E-state index contributed by atoms with van der Waals surface area (Å²) < 4.78 is 1.85. The van der Waals surface area contributed by atoms with Gasteiger partial charge in [-0.25, -0.2) is 4.98 Å². The topological polar surface area (TPSA) is 79.1 Å². The zero-order valence-corrected chi connectivity index (χ0v) is 15.9. The molecule has 0 radical (unpaired) electrons. The van der Waals surface area contributed by atoms with Gasteiger partial charge >= 0.3 is 0 Å². The molecule has 28 heavy (non-hydrogen) atoms. The third-order valence-electron chi connectivity index (χ3n) is 6.07. The minimum Gasteiger partial charge on any atom is -0.507 e. The lowest BCUT2D eigenvalue weighted by Gasteiger charge is -2.36. The van der Waals surface area contributed by atoms with Gasteiger partial charge in [-0.15, -0.1) is 10.2 Å². The molecule has 2 aliphatic heterocycles. The molecule has 2 saturated heterocycles. The van der Waals surface area contributed by atoms with Gasteiger partial charge in [0.2, 0.25) is 0 Å². The Morgan fingerprint density at radius 1 is 1.11 bits per heavy atom. The number of aromatic hydroxyl groups is 1. The molecular formula is C21H24N6O. The summed E-state index contributed by atoms with van der Waals surface area (Å²) in [6, 6.07) is 11.2. The Bertz CT molecular complexity index is 944. The van der Waals surface area contributed by atoms with E-state index in [9.17, 15) is 5.11 Å². The lowest BCUT2D eigenvalue weighted by Crippen LogP contribution is -2.47. The van der Waals surface area contributed by atoms with Crippen molar-refractivity contribution in [3.05, 3.63) is 49.1 Å². The van der Waals surface area contributed by atoms with Crippen LogP contribution in [0, 0.1) is 0 Å². The Kier molecular flexibility index (Phi) is 4.24. The first-order valence-electron chi connectivity index (χ1n) is 9.82. The summed E-state index contributed by atoms with van der Waals surface area (Å²) in [7, 11) is 2.11. The number of nitrogens with zero attached hydrogens (tertiary/aromatic N) is 5. The highest BCUT2D eigenvalue weighted by atomic mass is 16.3. The number of nitrogens with one attached hydrogen (secondary N) is 1. The fourth-order valence-electron chi connectivity index (χ4n) is 4.50. The molecule has 2 aromatic heterocycles. The van der Waals surface area contributed by atoms with Crippen molar-refractivity contribution in [2.24, 2.45) is 0 Å². The van der Waals surface area contributed by atoms with E-state index >= 15 is 0 Å². The van der Waals surface area contributed by atoms with Gasteiger partial charge in [-0.3, -0.25) is 0 Å². The minimum absolute atomic E-state index is 0.177. The zero-order chi connectivity index (χ0) is 19.1. The number of fused-ring (bicyclic) bond motifs is 2. The molecule has 5 rings (SSSR count). The monoisotopic (exact) mass is 376 g/mol. The van der Waals surface area contributed by atoms with Crippen molar-refractivity contribution in [2.75, 3.05) is 11.9 Å². The maximum Gasteiger partial charge on any atom is 0.151 e. The first-order valence-corrected chi connectivity index (χ1v) is 9.82. The second-order valence-electron chi connectivity index (χ2n) is 7.82. The van der Waals surface area contributed by atoms with E-state index in [1.165, 1.54) is 12.8 Å². The Labute approximate surface area is 164 Å². The number of anilines is 1. The van der Waals surface area contributed by atoms with Crippen LogP contribution in [0.1, 0.15) is 25.7 Å². The smallest absolute Gasteiger partial charge is 0.151 e. The Morgan fingerprint density at radius 3 is 2.57 bits per heavy atom. The number of imidazole rings is 1. The summed E-state index contributed by atoms with van der Waals surface area (Å²) in [6.45, 7) is 0. The van der Waals surface area contributed by atoms with E-state index in [4.69, 9.17) is 0 Å². The summed E-state index contributed by atoms with van der Waals surface area (Å²) in [5, 5.41) is 23.0. The van der Waals surface area contributed by atoms with Crippen molar-refractivity contribution < 1.29 is 5.11 Å². The standard InChI is InChI=1S/C21H24N6O/c1-26(17-10-14-2-3-15(11-17)23-14)21-7-6-19(24-25-21)18-5-4-16(12-20(18)28)27-9-8-22-13-27/h4-9,12-15,17,23,28H,2-3,10-11H2,1H3/t14-,15?,17-/m0/s1. The molecule has 4 heterocycles. The number of phenols is 1. The van der Waals surface area contributed by atoms with E-state index < -0.39 is 0 Å². The molecule has 2 bridgehead atoms. The van der Waals surface area contributed by atoms with Crippen molar-refractivity contribution in [1.29, 1.82) is 0 Å². The van der Waals surface area contributed by atoms with Crippen LogP contribution < -0.4 is 10.2 Å². The predicted molar refractivity (Wildman–Crippen MR) is 108 cm³/mol. The maximum absolute atomic E-state index is 10.5. The van der Waals surface area contributed by atoms with E-state index in [2.05, 4.69) is 32.4 Å². The Morgan fingerprint density at radius 2 is 1.93 bits per heavy atom. The number of piperidine rings is 1. The molecule has 1 aromatic carbocycles. The summed E-state index contributed by atoms with van der Waals surface area (Å²) in [4.78, 5) is 6.29. The molecule has 3 aromatic rings. The Balaban J connectivity index is 1.35. The lowest BCUT2D eigenvalue weighted by molar-refractivity contribution is 0.353. The Hall–Kier alpha value is -2.93. The van der Waals surface area contributed by atoms with Crippen LogP contribution in [0.2, 0.25) is 0 Å². The van der Waals surface area contributed by atoms with Gasteiger partial charge in [-0.1, -0.05) is 0 Å². The van der Waals surface area contributed by atoms with Crippen molar-refractivity contribution in [3.8, 4) is 22.7 Å². The quantitative estimate of drug-likeness (QED) is 0.729. The third kappa shape index (κ3) is 3.11. The number of phenolic OH excluding ortho intramolecular Hbond substituents is 1. The minimum atomic E-state index is 0.177. The third-order valence-corrected chi connectivity index (χ3v) is 6.07. The fraction of sp³-hybridized carbons (Fsp3) is 0.381. The van der Waals surface area contributed by atoms with E-state index in [0.29, 0.717) is 29.4 Å². The summed E-state index contributed by atoms with van der Waals surface area (Å²) in [5.74, 6) is 1.06. The average Bonchev–Trinajstić information content (AvgIpc) is 3.37. The second-order valence-corrected chi connectivity index (χ2v) is 7.82. The van der Waals surface area contributed by atoms with Gasteiger partial charge < -0.3 is 19.9 Å². The highest BCUT2D eigenvalue weighted by Gasteiger charge is 2.35. The maximum atomic E-state index is 10.5. The number of benzene rings is 1. The summed E-state index contributed by atoms with van der Waals surface area (Å²) >= 11 is 0. The van der Waals surface area contributed by atoms with Crippen molar-refractivity contribution in [1.82, 2.24) is 25.1 Å². The first-order chi connectivity index (χ1) is 13.7. The molecule has 2 fully saturated rings. The lowest BCUT2D eigenvalue weighted by atomic mass is 9.98. The van der Waals surface area contributed by atoms with Gasteiger partial charge in [-0.2, -0.15) is 0 Å². The largest absolute Gasteiger partial charge is 0.507 e. The van der Waals surface area contributed by atoms with Crippen LogP contribution in [0.5, 0.6) is 5.75 Å². The first kappa shape index (κ1) is 17.2. The zero-order valence-electron chi connectivity index (χ0n) is 15.9. The fourth-order valence-corrected chi connectivity index (χ4v) is 4.50. The van der Waals surface area contributed by atoms with Gasteiger partial charge in [0.15, 0.2) is 5.82 Å². The molecule has 144 valence electrons. The van der Waals surface area contributed by atoms with E-state index in [0.717, 1.165) is 24.3 Å². The molecule has 1 unspecified atom stereocenters. The van der Waals surface area contributed by atoms with Crippen LogP contribution in [0.3, 0.4) is 0 Å². The van der Waals surface area contributed by atoms with Crippen LogP contribution in [0.4, 0.5) is 5.82 Å². The van der Waals surface area contributed by atoms with Crippen LogP contribution in [-0.2, 0) is 0 Å². The molecule has 0 spiro atoms. The molecule has 0 saturated carbocycles. The van der Waals surface area contributed by atoms with E-state index in [1.54, 1.807) is 18.6 Å². The normalized spacial score (nSPS) is 23.7. The molecule has 0 aliphatic carbocycles. The predicted octanol–water partition coefficient (Wildman–Crippen LogP) is 2.75. The van der Waals surface area contributed by atoms with Crippen LogP contribution in [0.25, 0.3) is 16.9 Å². The van der Waals surface area contributed by atoms with Gasteiger partial charge in [0.05, 0.1) is 17.7 Å². The van der Waals surface area contributed by atoms with Crippen LogP contribution in [0.15, 0.2) is 49.1 Å². The van der Waals surface area contributed by atoms with Crippen molar-refractivity contribution in [2.45, 2.75) is 43.8 Å². The van der Waals surface area contributed by atoms with E-state index in [1.807, 2.05) is 35.0 Å². The second kappa shape index (κ2) is 6.91. The molecule has 2 aliphatic rings. The SMILES string of the molecule is CN(c1ccc(-c2ccc(-n3ccnc3)cc2O)nn1)[C@@H]1CC2CC[C@@H](C1)N2. The summed E-state index contributed by atoms with van der Waals surface area (Å²) in [5.41, 5.74) is 2.19. The average molecular weight is 376 g/mol. The highest BCUT2D eigenvalue weighted by Crippen LogP contribution is 2.32. The highest BCUT2D eigenvalue weighted by molar-refractivity contribution is 5.69. The number of hydrogen-bond donors (Lipinski definition) is 2. The molecule has 0 amide bonds. The van der Waals surface area contributed by atoms with Crippen molar-refractivity contribution in [3.63, 3.8) is 0 Å². The van der Waals surface area contributed by atoms with Gasteiger partial charge in [0.1, 0.15) is 5.75 Å². The molecule has 7 nitrogen and oxygen atoms in total. The summed E-state index contributed by atoms with van der Waals surface area (Å²) in [6.07, 6.45) is 10.1. The molecule has 2 N–H and O–H groups in total. The van der Waals surface area contributed by atoms with Crippen LogP contribution >= 0.6 is 0 Å². The molecular weight excluding hydrogens is 352 g/mol. The van der Waals surface area contributed by atoms with Gasteiger partial charge in [-0.05, 0) is 49.9 Å². The van der Waals surface area contributed by atoms with E-state index in [-0.39, 0.29) is 5.75 Å².